The summed E-state index contributed by atoms with van der Waals surface area (Å²) >= 11 is 0. The quantitative estimate of drug-likeness (QED) is 0.351. The fraction of sp³-hybridized carbons (Fsp3) is 0.0952. The minimum Gasteiger partial charge on any atom is -0.480 e. The van der Waals surface area contributed by atoms with Gasteiger partial charge in [0.1, 0.15) is 29.5 Å². The van der Waals surface area contributed by atoms with Crippen LogP contribution in [0.3, 0.4) is 0 Å². The average molecular weight is 516 g/mol. The van der Waals surface area contributed by atoms with E-state index in [1.807, 2.05) is 4.72 Å². The van der Waals surface area contributed by atoms with E-state index in [0.29, 0.717) is 28.9 Å². The Morgan fingerprint density at radius 1 is 1.08 bits per heavy atom. The molecule has 0 radical (unpaired) electrons. The highest BCUT2D eigenvalue weighted by Gasteiger charge is 2.26. The molecular formula is C21H15F3N8O3S. The third-order valence-electron chi connectivity index (χ3n) is 5.10. The van der Waals surface area contributed by atoms with E-state index in [1.54, 1.807) is 6.92 Å². The van der Waals surface area contributed by atoms with Crippen molar-refractivity contribution < 1.29 is 26.3 Å². The van der Waals surface area contributed by atoms with Crippen molar-refractivity contribution in [3.63, 3.8) is 0 Å². The van der Waals surface area contributed by atoms with Crippen LogP contribution >= 0.6 is 0 Å². The molecule has 184 valence electrons. The minimum atomic E-state index is -4.56. The molecule has 1 aromatic carbocycles. The number of hydrogen-bond donors (Lipinski definition) is 2. The van der Waals surface area contributed by atoms with Gasteiger partial charge in [0.25, 0.3) is 10.0 Å². The lowest BCUT2D eigenvalue weighted by atomic mass is 10.1. The fourth-order valence-electron chi connectivity index (χ4n) is 3.48. The highest BCUT2D eigenvalue weighted by molar-refractivity contribution is 7.92. The molecule has 0 aliphatic rings. The Morgan fingerprint density at radius 2 is 1.89 bits per heavy atom. The lowest BCUT2D eigenvalue weighted by Gasteiger charge is -2.13. The molecule has 0 aliphatic carbocycles. The molecule has 0 saturated carbocycles. The highest BCUT2D eigenvalue weighted by Crippen LogP contribution is 2.32. The van der Waals surface area contributed by atoms with E-state index in [1.165, 1.54) is 23.1 Å². The number of methoxy groups -OCH3 is 1. The molecule has 0 spiro atoms. The van der Waals surface area contributed by atoms with Gasteiger partial charge in [-0.2, -0.15) is 0 Å². The zero-order valence-electron chi connectivity index (χ0n) is 18.5. The number of benzene rings is 1. The number of nitrogens with zero attached hydrogens (tertiary/aromatic N) is 6. The van der Waals surface area contributed by atoms with Crippen LogP contribution in [0.1, 0.15) is 5.82 Å². The number of sulfonamides is 1. The first-order valence-corrected chi connectivity index (χ1v) is 11.6. The van der Waals surface area contributed by atoms with Crippen LogP contribution in [0.2, 0.25) is 0 Å². The van der Waals surface area contributed by atoms with Gasteiger partial charge in [-0.3, -0.25) is 9.71 Å². The summed E-state index contributed by atoms with van der Waals surface area (Å²) in [7, 11) is -3.42. The summed E-state index contributed by atoms with van der Waals surface area (Å²) in [5, 5.41) is 7.86. The first kappa shape index (κ1) is 23.2. The van der Waals surface area contributed by atoms with Crippen LogP contribution in [0.5, 0.6) is 5.88 Å². The summed E-state index contributed by atoms with van der Waals surface area (Å²) in [6.07, 6.45) is 4.84. The zero-order valence-corrected chi connectivity index (χ0v) is 19.3. The van der Waals surface area contributed by atoms with Crippen molar-refractivity contribution in [2.75, 3.05) is 11.8 Å². The molecule has 2 N–H and O–H groups in total. The Bertz CT molecular complexity index is 1740. The molecule has 36 heavy (non-hydrogen) atoms. The molecule has 4 aromatic heterocycles. The number of aromatic amines is 1. The van der Waals surface area contributed by atoms with Crippen LogP contribution in [0.25, 0.3) is 28.3 Å². The minimum absolute atomic E-state index is 0.138. The second-order valence-corrected chi connectivity index (χ2v) is 9.12. The monoisotopic (exact) mass is 516 g/mol. The maximum absolute atomic E-state index is 15.4. The SMILES string of the molecule is COc1ncc(F)cc1S(=O)(=O)Nc1ccc(F)c(-c2cn3cnc(-c4nnc(C)[nH]4)c3cn2)c1F. The molecule has 5 aromatic rings. The number of fused-ring (bicyclic) bond motifs is 1. The van der Waals surface area contributed by atoms with Crippen molar-refractivity contribution in [3.8, 4) is 28.7 Å². The Labute approximate surface area is 201 Å². The summed E-state index contributed by atoms with van der Waals surface area (Å²) in [6.45, 7) is 1.72. The molecular weight excluding hydrogens is 501 g/mol. The first-order chi connectivity index (χ1) is 17.2. The van der Waals surface area contributed by atoms with Gasteiger partial charge >= 0.3 is 0 Å². The van der Waals surface area contributed by atoms with Crippen LogP contribution in [-0.2, 0) is 10.0 Å². The number of imidazole rings is 1. The highest BCUT2D eigenvalue weighted by atomic mass is 32.2. The molecule has 0 fully saturated rings. The van der Waals surface area contributed by atoms with E-state index in [0.717, 1.165) is 25.4 Å². The van der Waals surface area contributed by atoms with Crippen LogP contribution < -0.4 is 9.46 Å². The second-order valence-electron chi connectivity index (χ2n) is 7.47. The lowest BCUT2D eigenvalue weighted by Crippen LogP contribution is -2.16. The van der Waals surface area contributed by atoms with Crippen LogP contribution in [-0.4, -0.2) is 50.1 Å². The molecule has 15 heteroatoms. The van der Waals surface area contributed by atoms with Gasteiger partial charge < -0.3 is 14.1 Å². The zero-order chi connectivity index (χ0) is 25.6. The van der Waals surface area contributed by atoms with E-state index < -0.39 is 49.5 Å². The Balaban J connectivity index is 1.55. The molecule has 0 aliphatic heterocycles. The van der Waals surface area contributed by atoms with Crippen molar-refractivity contribution >= 4 is 21.2 Å². The molecule has 0 bridgehead atoms. The number of H-pyrrole nitrogens is 1. The predicted octanol–water partition coefficient (Wildman–Crippen LogP) is 3.11. The molecule has 5 rings (SSSR count). The molecule has 0 amide bonds. The number of hydrogen-bond acceptors (Lipinski definition) is 8. The summed E-state index contributed by atoms with van der Waals surface area (Å²) in [5.74, 6) is -2.62. The Morgan fingerprint density at radius 3 is 2.61 bits per heavy atom. The van der Waals surface area contributed by atoms with Gasteiger partial charge in [0.05, 0.1) is 42.0 Å². The number of pyridine rings is 1. The van der Waals surface area contributed by atoms with E-state index in [-0.39, 0.29) is 5.69 Å². The summed E-state index contributed by atoms with van der Waals surface area (Å²) in [6, 6.07) is 2.43. The smallest absolute Gasteiger partial charge is 0.267 e. The topological polar surface area (TPSA) is 140 Å². The second kappa shape index (κ2) is 8.60. The van der Waals surface area contributed by atoms with Gasteiger partial charge in [0, 0.05) is 12.3 Å². The number of rotatable bonds is 6. The van der Waals surface area contributed by atoms with Crippen molar-refractivity contribution in [1.29, 1.82) is 0 Å². The Kier molecular flexibility index (Phi) is 5.55. The third kappa shape index (κ3) is 3.98. The van der Waals surface area contributed by atoms with Crippen LogP contribution in [0, 0.1) is 24.4 Å². The van der Waals surface area contributed by atoms with Gasteiger partial charge in [0.15, 0.2) is 16.5 Å². The lowest BCUT2D eigenvalue weighted by molar-refractivity contribution is 0.382. The van der Waals surface area contributed by atoms with E-state index in [2.05, 4.69) is 30.1 Å². The number of anilines is 1. The standard InChI is InChI=1S/C21H15F3N8O3S/c1-10-28-20(30-29-10)19-15-7-25-14(8-32(15)9-27-19)17-12(23)3-4-13(18(17)24)31-36(33,34)16-5-11(22)6-26-21(16)35-2/h3-9,31H,1-2H3,(H,28,29,30). The number of nitrogens with one attached hydrogen (secondary N) is 2. The first-order valence-electron chi connectivity index (χ1n) is 10.1. The third-order valence-corrected chi connectivity index (χ3v) is 6.46. The van der Waals surface area contributed by atoms with Crippen LogP contribution in [0.4, 0.5) is 18.9 Å². The van der Waals surface area contributed by atoms with Gasteiger partial charge in [-0.1, -0.05) is 0 Å². The van der Waals surface area contributed by atoms with Crippen molar-refractivity contribution in [2.45, 2.75) is 11.8 Å². The molecule has 0 atom stereocenters. The number of halogens is 3. The summed E-state index contributed by atoms with van der Waals surface area (Å²) in [4.78, 5) is 14.2. The largest absolute Gasteiger partial charge is 0.480 e. The number of aromatic nitrogens is 7. The van der Waals surface area contributed by atoms with Crippen molar-refractivity contribution in [1.82, 2.24) is 34.5 Å². The van der Waals surface area contributed by atoms with Gasteiger partial charge in [-0.25, -0.2) is 31.6 Å². The Hall–Kier alpha value is -4.53. The van der Waals surface area contributed by atoms with Gasteiger partial charge in [-0.05, 0) is 19.1 Å². The van der Waals surface area contributed by atoms with E-state index >= 15 is 4.39 Å². The fourth-order valence-corrected chi connectivity index (χ4v) is 4.67. The maximum Gasteiger partial charge on any atom is 0.267 e. The molecule has 4 heterocycles. The van der Waals surface area contributed by atoms with Crippen LogP contribution in [0.15, 0.2) is 48.0 Å². The summed E-state index contributed by atoms with van der Waals surface area (Å²) in [5.41, 5.74) is -0.412. The number of aryl methyl sites for hydroxylation is 1. The molecule has 0 saturated heterocycles. The molecule has 0 unspecified atom stereocenters. The normalized spacial score (nSPS) is 11.7. The van der Waals surface area contributed by atoms with Gasteiger partial charge in [-0.15, -0.1) is 10.2 Å². The van der Waals surface area contributed by atoms with E-state index in [4.69, 9.17) is 4.74 Å². The van der Waals surface area contributed by atoms with Crippen molar-refractivity contribution in [2.24, 2.45) is 0 Å². The molecule has 11 nitrogen and oxygen atoms in total. The number of ether oxygens (including phenoxy) is 1. The van der Waals surface area contributed by atoms with Gasteiger partial charge in [0.2, 0.25) is 5.88 Å². The predicted molar refractivity (Wildman–Crippen MR) is 120 cm³/mol. The van der Waals surface area contributed by atoms with E-state index in [9.17, 15) is 17.2 Å². The maximum atomic E-state index is 15.4. The summed E-state index contributed by atoms with van der Waals surface area (Å²) < 4.78 is 77.8. The average Bonchev–Trinajstić information content (AvgIpc) is 3.46. The van der Waals surface area contributed by atoms with Crippen molar-refractivity contribution in [3.05, 3.63) is 66.4 Å².